The first kappa shape index (κ1) is 30.8. The van der Waals surface area contributed by atoms with Crippen LogP contribution < -0.4 is 4.90 Å². The largest absolute Gasteiger partial charge is 0.309 e. The van der Waals surface area contributed by atoms with E-state index in [1.807, 2.05) is 0 Å². The van der Waals surface area contributed by atoms with Gasteiger partial charge in [-0.05, 0) is 89.6 Å². The summed E-state index contributed by atoms with van der Waals surface area (Å²) >= 11 is 0. The van der Waals surface area contributed by atoms with Crippen LogP contribution in [0.5, 0.6) is 0 Å². The third kappa shape index (κ3) is 5.34. The average Bonchev–Trinajstić information content (AvgIpc) is 3.24. The highest BCUT2D eigenvalue weighted by molar-refractivity contribution is 6.14. The van der Waals surface area contributed by atoms with Gasteiger partial charge in [0.2, 0.25) is 0 Å². The van der Waals surface area contributed by atoms with E-state index >= 15 is 0 Å². The molecule has 0 fully saturated rings. The van der Waals surface area contributed by atoms with Crippen molar-refractivity contribution in [1.29, 1.82) is 0 Å². The molecule has 0 radical (unpaired) electrons. The topological polar surface area (TPSA) is 3.24 Å². The molecular formula is C52H35N. The van der Waals surface area contributed by atoms with E-state index in [0.717, 1.165) is 17.1 Å². The smallest absolute Gasteiger partial charge is 0.0540 e. The summed E-state index contributed by atoms with van der Waals surface area (Å²) in [6.45, 7) is 0. The summed E-state index contributed by atoms with van der Waals surface area (Å²) in [4.78, 5) is 2.47. The minimum atomic E-state index is 1.11. The number of fused-ring (bicyclic) bond motifs is 5. The van der Waals surface area contributed by atoms with Crippen LogP contribution in [0.3, 0.4) is 0 Å². The second-order valence-corrected chi connectivity index (χ2v) is 13.7. The lowest BCUT2D eigenvalue weighted by molar-refractivity contribution is 1.29. The van der Waals surface area contributed by atoms with Gasteiger partial charge in [-0.25, -0.2) is 0 Å². The van der Waals surface area contributed by atoms with E-state index in [2.05, 4.69) is 217 Å². The normalized spacial score (nSPS) is 11.4. The summed E-state index contributed by atoms with van der Waals surface area (Å²) in [7, 11) is 0. The summed E-state index contributed by atoms with van der Waals surface area (Å²) in [6, 6.07) is 77.4. The van der Waals surface area contributed by atoms with Gasteiger partial charge in [0, 0.05) is 16.8 Å². The molecule has 0 spiro atoms. The van der Waals surface area contributed by atoms with E-state index in [-0.39, 0.29) is 0 Å². The summed E-state index contributed by atoms with van der Waals surface area (Å²) in [5, 5.41) is 9.93. The maximum Gasteiger partial charge on any atom is 0.0540 e. The molecular weight excluding hydrogens is 639 g/mol. The third-order valence-electron chi connectivity index (χ3n) is 10.6. The quantitative estimate of drug-likeness (QED) is 0.159. The zero-order valence-electron chi connectivity index (χ0n) is 29.2. The Bertz CT molecular complexity index is 2950. The van der Waals surface area contributed by atoms with E-state index in [4.69, 9.17) is 0 Å². The molecule has 0 amide bonds. The highest BCUT2D eigenvalue weighted by Gasteiger charge is 2.23. The maximum atomic E-state index is 2.47. The first-order chi connectivity index (χ1) is 26.3. The number of hydrogen-bond acceptors (Lipinski definition) is 1. The van der Waals surface area contributed by atoms with Gasteiger partial charge in [-0.2, -0.15) is 0 Å². The minimum absolute atomic E-state index is 1.11. The summed E-state index contributed by atoms with van der Waals surface area (Å²) in [5.41, 5.74) is 10.6. The fraction of sp³-hybridized carbons (Fsp3) is 0. The minimum Gasteiger partial charge on any atom is -0.309 e. The molecule has 0 aliphatic carbocycles. The molecule has 1 heteroatoms. The van der Waals surface area contributed by atoms with Gasteiger partial charge in [-0.15, -0.1) is 0 Å². The fourth-order valence-corrected chi connectivity index (χ4v) is 8.22. The predicted molar refractivity (Wildman–Crippen MR) is 227 cm³/mol. The van der Waals surface area contributed by atoms with E-state index in [9.17, 15) is 0 Å². The zero-order valence-corrected chi connectivity index (χ0v) is 29.2. The Balaban J connectivity index is 1.26. The highest BCUT2D eigenvalue weighted by Crippen LogP contribution is 2.48. The first-order valence-corrected chi connectivity index (χ1v) is 18.3. The second kappa shape index (κ2) is 13.0. The van der Waals surface area contributed by atoms with Crippen LogP contribution in [0.2, 0.25) is 0 Å². The van der Waals surface area contributed by atoms with Crippen molar-refractivity contribution in [2.45, 2.75) is 0 Å². The number of benzene rings is 10. The van der Waals surface area contributed by atoms with Crippen molar-refractivity contribution in [3.8, 4) is 33.4 Å². The monoisotopic (exact) mass is 673 g/mol. The molecule has 0 saturated heterocycles. The highest BCUT2D eigenvalue weighted by atomic mass is 15.1. The van der Waals surface area contributed by atoms with Crippen LogP contribution in [0.15, 0.2) is 212 Å². The van der Waals surface area contributed by atoms with Crippen molar-refractivity contribution < 1.29 is 0 Å². The molecule has 0 saturated carbocycles. The Morgan fingerprint density at radius 1 is 0.264 bits per heavy atom. The molecule has 0 aliphatic rings. The number of rotatable bonds is 6. The number of nitrogens with zero attached hydrogens (tertiary/aromatic N) is 1. The van der Waals surface area contributed by atoms with E-state index in [1.54, 1.807) is 0 Å². The van der Waals surface area contributed by atoms with Crippen molar-refractivity contribution in [3.05, 3.63) is 212 Å². The van der Waals surface area contributed by atoms with Crippen molar-refractivity contribution in [3.63, 3.8) is 0 Å². The summed E-state index contributed by atoms with van der Waals surface area (Å²) < 4.78 is 0. The maximum absolute atomic E-state index is 2.47. The molecule has 0 heterocycles. The van der Waals surface area contributed by atoms with Gasteiger partial charge in [0.1, 0.15) is 0 Å². The number of para-hydroxylation sites is 2. The molecule has 0 unspecified atom stereocenters. The average molecular weight is 674 g/mol. The van der Waals surface area contributed by atoms with E-state index < -0.39 is 0 Å². The molecule has 0 aromatic heterocycles. The number of hydrogen-bond donors (Lipinski definition) is 0. The van der Waals surface area contributed by atoms with Crippen LogP contribution in [0.4, 0.5) is 17.1 Å². The molecule has 0 aliphatic heterocycles. The second-order valence-electron chi connectivity index (χ2n) is 13.7. The molecule has 0 N–H and O–H groups in total. The molecule has 0 bridgehead atoms. The fourth-order valence-electron chi connectivity index (χ4n) is 8.22. The number of anilines is 3. The molecule has 10 rings (SSSR count). The van der Waals surface area contributed by atoms with Gasteiger partial charge in [0.05, 0.1) is 11.4 Å². The molecule has 10 aromatic carbocycles. The Morgan fingerprint density at radius 3 is 1.58 bits per heavy atom. The van der Waals surface area contributed by atoms with Crippen LogP contribution in [0.1, 0.15) is 0 Å². The van der Waals surface area contributed by atoms with E-state index in [1.165, 1.54) is 76.5 Å². The Morgan fingerprint density at radius 2 is 0.792 bits per heavy atom. The van der Waals surface area contributed by atoms with Gasteiger partial charge >= 0.3 is 0 Å². The van der Waals surface area contributed by atoms with Gasteiger partial charge in [-0.1, -0.05) is 188 Å². The first-order valence-electron chi connectivity index (χ1n) is 18.3. The van der Waals surface area contributed by atoms with Crippen molar-refractivity contribution in [1.82, 2.24) is 0 Å². The van der Waals surface area contributed by atoms with Crippen LogP contribution in [-0.2, 0) is 0 Å². The predicted octanol–water partition coefficient (Wildman–Crippen LogP) is 14.8. The lowest BCUT2D eigenvalue weighted by Gasteiger charge is -2.30. The third-order valence-corrected chi connectivity index (χ3v) is 10.6. The Hall–Kier alpha value is -6.96. The molecule has 1 nitrogen and oxygen atoms in total. The SMILES string of the molecule is c1ccc(-c2cccc3cccc(-c4ccccc4N(c4ccc5ccccc5c4)c4ccccc4-c4cccc5c4ccc4ccccc45)c23)cc1. The Labute approximate surface area is 309 Å². The van der Waals surface area contributed by atoms with Crippen LogP contribution >= 0.6 is 0 Å². The van der Waals surface area contributed by atoms with Gasteiger partial charge in [0.15, 0.2) is 0 Å². The van der Waals surface area contributed by atoms with Gasteiger partial charge < -0.3 is 4.90 Å². The summed E-state index contributed by atoms with van der Waals surface area (Å²) in [5.74, 6) is 0. The molecule has 0 atom stereocenters. The van der Waals surface area contributed by atoms with Crippen molar-refractivity contribution >= 4 is 60.2 Å². The van der Waals surface area contributed by atoms with Crippen LogP contribution in [0, 0.1) is 0 Å². The van der Waals surface area contributed by atoms with Gasteiger partial charge in [0.25, 0.3) is 0 Å². The molecule has 53 heavy (non-hydrogen) atoms. The van der Waals surface area contributed by atoms with Crippen LogP contribution in [-0.4, -0.2) is 0 Å². The lowest BCUT2D eigenvalue weighted by Crippen LogP contribution is -2.12. The molecule has 10 aromatic rings. The molecule has 248 valence electrons. The van der Waals surface area contributed by atoms with Crippen molar-refractivity contribution in [2.24, 2.45) is 0 Å². The van der Waals surface area contributed by atoms with Crippen molar-refractivity contribution in [2.75, 3.05) is 4.90 Å². The van der Waals surface area contributed by atoms with Gasteiger partial charge in [-0.3, -0.25) is 0 Å². The lowest BCUT2D eigenvalue weighted by atomic mass is 9.90. The zero-order chi connectivity index (χ0) is 35.1. The Kier molecular flexibility index (Phi) is 7.55. The van der Waals surface area contributed by atoms with Crippen LogP contribution in [0.25, 0.3) is 76.5 Å². The summed E-state index contributed by atoms with van der Waals surface area (Å²) in [6.07, 6.45) is 0. The standard InChI is InChI=1S/C52H35N/c1-2-16-37(17-3-1)43-25-12-20-39-21-13-28-49(52(39)43)48-24-9-11-30-51(48)53(41-33-31-36-15-4-5-19-40(36)35-41)50-29-10-8-23-47(50)45-27-14-26-44-42-22-7-6-18-38(42)32-34-46(44)45/h1-35H. The van der Waals surface area contributed by atoms with E-state index in [0.29, 0.717) is 0 Å².